The van der Waals surface area contributed by atoms with Crippen molar-refractivity contribution in [3.05, 3.63) is 81.0 Å². The number of carbonyl (C=O) groups excluding carboxylic acids is 1. The van der Waals surface area contributed by atoms with E-state index in [-0.39, 0.29) is 22.4 Å². The summed E-state index contributed by atoms with van der Waals surface area (Å²) in [6.45, 7) is 3.18. The van der Waals surface area contributed by atoms with E-state index in [1.807, 2.05) is 36.1 Å². The number of benzene rings is 1. The van der Waals surface area contributed by atoms with Crippen molar-refractivity contribution in [3.8, 4) is 11.4 Å². The van der Waals surface area contributed by atoms with Gasteiger partial charge in [-0.3, -0.25) is 14.6 Å². The zero-order chi connectivity index (χ0) is 20.4. The molecule has 3 aromatic rings. The van der Waals surface area contributed by atoms with Gasteiger partial charge in [0.2, 0.25) is 0 Å². The van der Waals surface area contributed by atoms with Crippen LogP contribution in [-0.2, 0) is 0 Å². The molecule has 148 valence electrons. The third-order valence-corrected chi connectivity index (χ3v) is 5.64. The first-order chi connectivity index (χ1) is 14.0. The molecular weight excluding hydrogens is 388 g/mol. The van der Waals surface area contributed by atoms with Crippen molar-refractivity contribution in [3.63, 3.8) is 0 Å². The van der Waals surface area contributed by atoms with Crippen LogP contribution in [0.5, 0.6) is 0 Å². The minimum Gasteiger partial charge on any atom is -0.339 e. The molecule has 0 unspecified atom stereocenters. The van der Waals surface area contributed by atoms with Gasteiger partial charge in [0, 0.05) is 42.5 Å². The Hall–Kier alpha value is -2.99. The van der Waals surface area contributed by atoms with Crippen LogP contribution in [0.3, 0.4) is 0 Å². The van der Waals surface area contributed by atoms with Gasteiger partial charge < -0.3 is 9.88 Å². The van der Waals surface area contributed by atoms with E-state index in [4.69, 9.17) is 11.6 Å². The lowest BCUT2D eigenvalue weighted by atomic mass is 9.92. The average Bonchev–Trinajstić information content (AvgIpc) is 2.76. The number of H-pyrrole nitrogens is 1. The van der Waals surface area contributed by atoms with Crippen molar-refractivity contribution >= 4 is 17.5 Å². The predicted molar refractivity (Wildman–Crippen MR) is 112 cm³/mol. The fourth-order valence-electron chi connectivity index (χ4n) is 3.71. The summed E-state index contributed by atoms with van der Waals surface area (Å²) in [6, 6.07) is 11.2. The highest BCUT2D eigenvalue weighted by Crippen LogP contribution is 2.31. The van der Waals surface area contributed by atoms with E-state index < -0.39 is 0 Å². The molecule has 1 amide bonds. The van der Waals surface area contributed by atoms with Gasteiger partial charge in [-0.1, -0.05) is 29.3 Å². The molecule has 6 nitrogen and oxygen atoms in total. The van der Waals surface area contributed by atoms with Crippen LogP contribution in [0.15, 0.2) is 53.6 Å². The standard InChI is InChI=1S/C22H21ClN4O2/c1-14-3-2-4-17(13-14)22(29)27-11-7-15(8-12-27)19-18(23)21(28)26-20(25-19)16-5-9-24-10-6-16/h2-6,9-10,13,15H,7-8,11-12H2,1H3,(H,25,26,28). The minimum absolute atomic E-state index is 0.0342. The molecular formula is C22H21ClN4O2. The number of aromatic amines is 1. The van der Waals surface area contributed by atoms with Gasteiger partial charge in [-0.15, -0.1) is 0 Å². The van der Waals surface area contributed by atoms with Gasteiger partial charge in [0.25, 0.3) is 11.5 Å². The maximum Gasteiger partial charge on any atom is 0.270 e. The van der Waals surface area contributed by atoms with E-state index in [1.54, 1.807) is 24.5 Å². The molecule has 2 aromatic heterocycles. The van der Waals surface area contributed by atoms with E-state index in [1.165, 1.54) is 0 Å². The number of likely N-dealkylation sites (tertiary alicyclic amines) is 1. The Morgan fingerprint density at radius 1 is 1.17 bits per heavy atom. The molecule has 0 atom stereocenters. The molecule has 1 aromatic carbocycles. The summed E-state index contributed by atoms with van der Waals surface area (Å²) in [5.41, 5.74) is 2.80. The Balaban J connectivity index is 1.53. The van der Waals surface area contributed by atoms with Crippen molar-refractivity contribution < 1.29 is 4.79 Å². The van der Waals surface area contributed by atoms with Crippen LogP contribution in [0.4, 0.5) is 0 Å². The largest absolute Gasteiger partial charge is 0.339 e. The summed E-state index contributed by atoms with van der Waals surface area (Å²) in [6.07, 6.45) is 4.73. The Bertz CT molecular complexity index is 1090. The molecule has 0 aliphatic carbocycles. The highest BCUT2D eigenvalue weighted by atomic mass is 35.5. The molecule has 1 saturated heterocycles. The molecule has 1 aliphatic rings. The lowest BCUT2D eigenvalue weighted by molar-refractivity contribution is 0.0712. The first-order valence-electron chi connectivity index (χ1n) is 9.59. The molecule has 4 rings (SSSR count). The van der Waals surface area contributed by atoms with Crippen molar-refractivity contribution in [2.45, 2.75) is 25.7 Å². The van der Waals surface area contributed by atoms with Crippen LogP contribution in [0.25, 0.3) is 11.4 Å². The number of aryl methyl sites for hydroxylation is 1. The quantitative estimate of drug-likeness (QED) is 0.714. The predicted octanol–water partition coefficient (Wildman–Crippen LogP) is 3.81. The van der Waals surface area contributed by atoms with Crippen LogP contribution in [0.1, 0.15) is 40.4 Å². The SMILES string of the molecule is Cc1cccc(C(=O)N2CCC(c3nc(-c4ccncc4)[nH]c(=O)c3Cl)CC2)c1. The smallest absolute Gasteiger partial charge is 0.270 e. The number of halogens is 1. The summed E-state index contributed by atoms with van der Waals surface area (Å²) in [5.74, 6) is 0.552. The number of rotatable bonds is 3. The van der Waals surface area contributed by atoms with Gasteiger partial charge in [0.15, 0.2) is 0 Å². The van der Waals surface area contributed by atoms with E-state index in [2.05, 4.69) is 15.0 Å². The number of hydrogen-bond acceptors (Lipinski definition) is 4. The molecule has 29 heavy (non-hydrogen) atoms. The number of nitrogens with zero attached hydrogens (tertiary/aromatic N) is 3. The molecule has 1 aliphatic heterocycles. The zero-order valence-corrected chi connectivity index (χ0v) is 16.8. The van der Waals surface area contributed by atoms with Crippen molar-refractivity contribution in [1.82, 2.24) is 19.9 Å². The molecule has 1 N–H and O–H groups in total. The minimum atomic E-state index is -0.346. The second-order valence-electron chi connectivity index (χ2n) is 7.29. The van der Waals surface area contributed by atoms with E-state index in [0.717, 1.165) is 11.1 Å². The molecule has 3 heterocycles. The first-order valence-corrected chi connectivity index (χ1v) is 9.97. The average molecular weight is 409 g/mol. The van der Waals surface area contributed by atoms with Crippen molar-refractivity contribution in [2.24, 2.45) is 0 Å². The zero-order valence-electron chi connectivity index (χ0n) is 16.1. The molecule has 0 bridgehead atoms. The maximum atomic E-state index is 12.8. The first kappa shape index (κ1) is 19.3. The van der Waals surface area contributed by atoms with E-state index in [9.17, 15) is 9.59 Å². The summed E-state index contributed by atoms with van der Waals surface area (Å²) in [5, 5.41) is 0.131. The van der Waals surface area contributed by atoms with E-state index >= 15 is 0 Å². The fraction of sp³-hybridized carbons (Fsp3) is 0.273. The number of hydrogen-bond donors (Lipinski definition) is 1. The molecule has 0 saturated carbocycles. The normalized spacial score (nSPS) is 14.8. The van der Waals surface area contributed by atoms with Gasteiger partial charge in [0.05, 0.1) is 5.69 Å². The van der Waals surface area contributed by atoms with Crippen molar-refractivity contribution in [2.75, 3.05) is 13.1 Å². The Labute approximate surface area is 173 Å². The third kappa shape index (κ3) is 4.07. The fourth-order valence-corrected chi connectivity index (χ4v) is 3.95. The lowest BCUT2D eigenvalue weighted by Crippen LogP contribution is -2.38. The van der Waals surface area contributed by atoms with Crippen molar-refractivity contribution in [1.29, 1.82) is 0 Å². The van der Waals surface area contributed by atoms with Gasteiger partial charge in [-0.05, 0) is 44.0 Å². The molecule has 0 spiro atoms. The number of amides is 1. The number of pyridine rings is 1. The van der Waals surface area contributed by atoms with Crippen LogP contribution >= 0.6 is 11.6 Å². The monoisotopic (exact) mass is 408 g/mol. The number of piperidine rings is 1. The van der Waals surface area contributed by atoms with Gasteiger partial charge in [0.1, 0.15) is 10.8 Å². The number of carbonyl (C=O) groups is 1. The Morgan fingerprint density at radius 2 is 1.90 bits per heavy atom. The lowest BCUT2D eigenvalue weighted by Gasteiger charge is -2.32. The maximum absolute atomic E-state index is 12.8. The number of aromatic nitrogens is 3. The van der Waals surface area contributed by atoms with Crippen LogP contribution in [-0.4, -0.2) is 38.8 Å². The van der Waals surface area contributed by atoms with Gasteiger partial charge >= 0.3 is 0 Å². The highest BCUT2D eigenvalue weighted by Gasteiger charge is 2.28. The van der Waals surface area contributed by atoms with Crippen LogP contribution < -0.4 is 5.56 Å². The Kier molecular flexibility index (Phi) is 5.45. The highest BCUT2D eigenvalue weighted by molar-refractivity contribution is 6.31. The summed E-state index contributed by atoms with van der Waals surface area (Å²) in [7, 11) is 0. The topological polar surface area (TPSA) is 79.0 Å². The van der Waals surface area contributed by atoms with Gasteiger partial charge in [-0.25, -0.2) is 4.98 Å². The van der Waals surface area contributed by atoms with Crippen LogP contribution in [0, 0.1) is 6.92 Å². The second kappa shape index (κ2) is 8.17. The van der Waals surface area contributed by atoms with E-state index in [0.29, 0.717) is 43.0 Å². The Morgan fingerprint density at radius 3 is 2.59 bits per heavy atom. The molecule has 1 fully saturated rings. The molecule has 7 heteroatoms. The summed E-state index contributed by atoms with van der Waals surface area (Å²) in [4.78, 5) is 38.4. The third-order valence-electron chi connectivity index (χ3n) is 5.28. The molecule has 0 radical (unpaired) electrons. The van der Waals surface area contributed by atoms with Crippen LogP contribution in [0.2, 0.25) is 5.02 Å². The summed E-state index contributed by atoms with van der Waals surface area (Å²) >= 11 is 6.30. The summed E-state index contributed by atoms with van der Waals surface area (Å²) < 4.78 is 0. The number of nitrogens with one attached hydrogen (secondary N) is 1. The second-order valence-corrected chi connectivity index (χ2v) is 7.66. The van der Waals surface area contributed by atoms with Gasteiger partial charge in [-0.2, -0.15) is 0 Å².